The third-order valence-corrected chi connectivity index (χ3v) is 3.42. The third-order valence-electron chi connectivity index (χ3n) is 3.42. The van der Waals surface area contributed by atoms with Crippen molar-refractivity contribution >= 4 is 5.69 Å². The first-order chi connectivity index (χ1) is 8.22. The second-order valence-electron chi connectivity index (χ2n) is 4.72. The molecule has 2 N–H and O–H groups in total. The average Bonchev–Trinajstić information content (AvgIpc) is 2.38. The van der Waals surface area contributed by atoms with E-state index < -0.39 is 6.10 Å². The first kappa shape index (κ1) is 12.4. The van der Waals surface area contributed by atoms with Crippen LogP contribution in [-0.4, -0.2) is 29.4 Å². The maximum atomic E-state index is 10.0. The SMILES string of the molecule is CC[C@H](O)c1ccccc1N1CCCC(O)C1. The van der Waals surface area contributed by atoms with Gasteiger partial charge in [-0.25, -0.2) is 0 Å². The molecular formula is C14H21NO2. The van der Waals surface area contributed by atoms with E-state index in [1.165, 1.54) is 0 Å². The number of piperidine rings is 1. The first-order valence-electron chi connectivity index (χ1n) is 6.42. The van der Waals surface area contributed by atoms with Gasteiger partial charge < -0.3 is 15.1 Å². The van der Waals surface area contributed by atoms with E-state index >= 15 is 0 Å². The molecule has 1 aromatic rings. The molecule has 1 aromatic carbocycles. The van der Waals surface area contributed by atoms with Crippen LogP contribution in [0.5, 0.6) is 0 Å². The lowest BCUT2D eigenvalue weighted by molar-refractivity contribution is 0.152. The normalized spacial score (nSPS) is 22.5. The Balaban J connectivity index is 2.24. The van der Waals surface area contributed by atoms with Crippen molar-refractivity contribution in [1.82, 2.24) is 0 Å². The van der Waals surface area contributed by atoms with Gasteiger partial charge in [0.1, 0.15) is 0 Å². The van der Waals surface area contributed by atoms with Crippen molar-refractivity contribution < 1.29 is 10.2 Å². The molecule has 0 aliphatic carbocycles. The zero-order valence-electron chi connectivity index (χ0n) is 10.3. The number of nitrogens with zero attached hydrogens (tertiary/aromatic N) is 1. The van der Waals surface area contributed by atoms with Crippen LogP contribution in [0.3, 0.4) is 0 Å². The van der Waals surface area contributed by atoms with Crippen LogP contribution < -0.4 is 4.90 Å². The molecule has 94 valence electrons. The highest BCUT2D eigenvalue weighted by Crippen LogP contribution is 2.29. The van der Waals surface area contributed by atoms with E-state index in [9.17, 15) is 10.2 Å². The molecule has 0 amide bonds. The van der Waals surface area contributed by atoms with Crippen LogP contribution in [0.4, 0.5) is 5.69 Å². The number of β-amino-alcohol motifs (C(OH)–C–C–N with tert-alkyl or cyclic N) is 1. The van der Waals surface area contributed by atoms with Crippen molar-refractivity contribution in [3.8, 4) is 0 Å². The summed E-state index contributed by atoms with van der Waals surface area (Å²) in [6, 6.07) is 7.96. The number of para-hydroxylation sites is 1. The molecule has 1 aliphatic heterocycles. The molecule has 1 fully saturated rings. The summed E-state index contributed by atoms with van der Waals surface area (Å²) in [5.41, 5.74) is 2.05. The highest BCUT2D eigenvalue weighted by molar-refractivity contribution is 5.55. The van der Waals surface area contributed by atoms with Crippen LogP contribution >= 0.6 is 0 Å². The molecule has 3 nitrogen and oxygen atoms in total. The minimum absolute atomic E-state index is 0.240. The molecule has 0 bridgehead atoms. The molecule has 0 spiro atoms. The Kier molecular flexibility index (Phi) is 4.02. The van der Waals surface area contributed by atoms with Crippen LogP contribution in [-0.2, 0) is 0 Å². The van der Waals surface area contributed by atoms with Gasteiger partial charge in [0.05, 0.1) is 12.2 Å². The van der Waals surface area contributed by atoms with Gasteiger partial charge in [-0.05, 0) is 25.3 Å². The van der Waals surface area contributed by atoms with Crippen molar-refractivity contribution in [3.63, 3.8) is 0 Å². The molecule has 1 aliphatic rings. The van der Waals surface area contributed by atoms with E-state index in [0.717, 1.165) is 30.6 Å². The minimum atomic E-state index is -0.412. The molecule has 2 rings (SSSR count). The number of aliphatic hydroxyl groups excluding tert-OH is 2. The largest absolute Gasteiger partial charge is 0.391 e. The van der Waals surface area contributed by atoms with E-state index in [-0.39, 0.29) is 6.10 Å². The van der Waals surface area contributed by atoms with Gasteiger partial charge in [0.2, 0.25) is 0 Å². The molecule has 0 saturated carbocycles. The predicted molar refractivity (Wildman–Crippen MR) is 69.1 cm³/mol. The number of hydrogen-bond acceptors (Lipinski definition) is 3. The summed E-state index contributed by atoms with van der Waals surface area (Å²) < 4.78 is 0. The van der Waals surface area contributed by atoms with Crippen molar-refractivity contribution in [3.05, 3.63) is 29.8 Å². The highest BCUT2D eigenvalue weighted by Gasteiger charge is 2.21. The van der Waals surface area contributed by atoms with E-state index in [1.54, 1.807) is 0 Å². The first-order valence-corrected chi connectivity index (χ1v) is 6.42. The van der Waals surface area contributed by atoms with Crippen molar-refractivity contribution in [1.29, 1.82) is 0 Å². The minimum Gasteiger partial charge on any atom is -0.391 e. The second kappa shape index (κ2) is 5.52. The van der Waals surface area contributed by atoms with Gasteiger partial charge >= 0.3 is 0 Å². The monoisotopic (exact) mass is 235 g/mol. The standard InChI is InChI=1S/C14H21NO2/c1-2-14(17)12-7-3-4-8-13(12)15-9-5-6-11(16)10-15/h3-4,7-8,11,14,16-17H,2,5-6,9-10H2,1H3/t11?,14-/m0/s1. The molecule has 1 unspecified atom stereocenters. The lowest BCUT2D eigenvalue weighted by Gasteiger charge is -2.34. The van der Waals surface area contributed by atoms with Crippen molar-refractivity contribution in [2.24, 2.45) is 0 Å². The summed E-state index contributed by atoms with van der Waals surface area (Å²) in [6.07, 6.45) is 1.96. The van der Waals surface area contributed by atoms with E-state index in [1.807, 2.05) is 31.2 Å². The number of benzene rings is 1. The Morgan fingerprint density at radius 1 is 1.41 bits per heavy atom. The van der Waals surface area contributed by atoms with Crippen LogP contribution in [0.1, 0.15) is 37.9 Å². The van der Waals surface area contributed by atoms with Gasteiger partial charge in [-0.2, -0.15) is 0 Å². The zero-order chi connectivity index (χ0) is 12.3. The molecule has 3 heteroatoms. The topological polar surface area (TPSA) is 43.7 Å². The Morgan fingerprint density at radius 3 is 2.88 bits per heavy atom. The van der Waals surface area contributed by atoms with Gasteiger partial charge in [-0.15, -0.1) is 0 Å². The molecular weight excluding hydrogens is 214 g/mol. The average molecular weight is 235 g/mol. The predicted octanol–water partition coefficient (Wildman–Crippen LogP) is 2.09. The van der Waals surface area contributed by atoms with Gasteiger partial charge in [0.15, 0.2) is 0 Å². The van der Waals surface area contributed by atoms with E-state index in [2.05, 4.69) is 4.90 Å². The molecule has 2 atom stereocenters. The fraction of sp³-hybridized carbons (Fsp3) is 0.571. The molecule has 1 saturated heterocycles. The van der Waals surface area contributed by atoms with Crippen molar-refractivity contribution in [2.75, 3.05) is 18.0 Å². The van der Waals surface area contributed by atoms with Gasteiger partial charge in [0, 0.05) is 24.3 Å². The van der Waals surface area contributed by atoms with Gasteiger partial charge in [-0.3, -0.25) is 0 Å². The zero-order valence-corrected chi connectivity index (χ0v) is 10.3. The third kappa shape index (κ3) is 2.79. The van der Waals surface area contributed by atoms with E-state index in [4.69, 9.17) is 0 Å². The summed E-state index contributed by atoms with van der Waals surface area (Å²) in [5.74, 6) is 0. The quantitative estimate of drug-likeness (QED) is 0.843. The summed E-state index contributed by atoms with van der Waals surface area (Å²) in [4.78, 5) is 2.18. The maximum Gasteiger partial charge on any atom is 0.0807 e. The molecule has 0 aromatic heterocycles. The lowest BCUT2D eigenvalue weighted by Crippen LogP contribution is -2.38. The number of hydrogen-bond donors (Lipinski definition) is 2. The highest BCUT2D eigenvalue weighted by atomic mass is 16.3. The Morgan fingerprint density at radius 2 is 2.18 bits per heavy atom. The molecule has 0 radical (unpaired) electrons. The van der Waals surface area contributed by atoms with Crippen LogP contribution in [0.25, 0.3) is 0 Å². The van der Waals surface area contributed by atoms with Gasteiger partial charge in [-0.1, -0.05) is 25.1 Å². The Labute approximate surface area is 103 Å². The summed E-state index contributed by atoms with van der Waals surface area (Å²) in [5, 5.41) is 19.7. The van der Waals surface area contributed by atoms with Gasteiger partial charge in [0.25, 0.3) is 0 Å². The van der Waals surface area contributed by atoms with E-state index in [0.29, 0.717) is 13.0 Å². The fourth-order valence-corrected chi connectivity index (χ4v) is 2.45. The summed E-state index contributed by atoms with van der Waals surface area (Å²) >= 11 is 0. The molecule has 1 heterocycles. The Hall–Kier alpha value is -1.06. The Bertz CT molecular complexity index is 367. The maximum absolute atomic E-state index is 10.0. The lowest BCUT2D eigenvalue weighted by atomic mass is 10.0. The summed E-state index contributed by atoms with van der Waals surface area (Å²) in [7, 11) is 0. The summed E-state index contributed by atoms with van der Waals surface area (Å²) in [6.45, 7) is 3.62. The number of anilines is 1. The molecule has 17 heavy (non-hydrogen) atoms. The van der Waals surface area contributed by atoms with Crippen LogP contribution in [0, 0.1) is 0 Å². The fourth-order valence-electron chi connectivity index (χ4n) is 2.45. The smallest absolute Gasteiger partial charge is 0.0807 e. The number of rotatable bonds is 3. The van der Waals surface area contributed by atoms with Crippen molar-refractivity contribution in [2.45, 2.75) is 38.4 Å². The number of aliphatic hydroxyl groups is 2. The van der Waals surface area contributed by atoms with Crippen LogP contribution in [0.15, 0.2) is 24.3 Å². The second-order valence-corrected chi connectivity index (χ2v) is 4.72. The van der Waals surface area contributed by atoms with Crippen LogP contribution in [0.2, 0.25) is 0 Å².